The Labute approximate surface area is 423 Å². The number of fused-ring (bicyclic) bond motifs is 8. The molecule has 2 bridgehead atoms. The van der Waals surface area contributed by atoms with Gasteiger partial charge >= 0.3 is 24.0 Å². The minimum atomic E-state index is -3.17. The van der Waals surface area contributed by atoms with E-state index in [1.54, 1.807) is 66.7 Å². The second kappa shape index (κ2) is 19.9. The molecule has 2 saturated heterocycles. The molecule has 0 unspecified atom stereocenters. The summed E-state index contributed by atoms with van der Waals surface area (Å²) in [6, 6.07) is 9.00. The molecule has 2 N–H and O–H groups in total. The van der Waals surface area contributed by atoms with Crippen molar-refractivity contribution in [2.45, 2.75) is 198 Å². The Bertz CT molecular complexity index is 2410. The number of ether oxygens (including phenoxy) is 7. The van der Waals surface area contributed by atoms with Gasteiger partial charge in [-0.25, -0.2) is 23.2 Å². The number of carbonyl (C=O) groups is 4. The van der Waals surface area contributed by atoms with Gasteiger partial charge in [-0.2, -0.15) is 0 Å². The number of alkyl halides is 1. The van der Waals surface area contributed by atoms with E-state index in [-0.39, 0.29) is 40.9 Å². The summed E-state index contributed by atoms with van der Waals surface area (Å²) < 4.78 is 85.9. The number of benzene rings is 1. The maximum atomic E-state index is 17.8. The van der Waals surface area contributed by atoms with Crippen LogP contribution in [0, 0.1) is 22.6 Å². The highest BCUT2D eigenvalue weighted by Crippen LogP contribution is 2.67. The van der Waals surface area contributed by atoms with Crippen molar-refractivity contribution < 1.29 is 70.6 Å². The summed E-state index contributed by atoms with van der Waals surface area (Å²) in [5.74, 6) is -4.85. The van der Waals surface area contributed by atoms with Gasteiger partial charge in [0.1, 0.15) is 59.3 Å². The first-order chi connectivity index (χ1) is 33.5. The predicted molar refractivity (Wildman–Crippen MR) is 263 cm³/mol. The van der Waals surface area contributed by atoms with Gasteiger partial charge in [-0.1, -0.05) is 87.1 Å². The Hall–Kier alpha value is -4.59. The molecular weight excluding hydrogens is 951 g/mol. The number of nitrogens with one attached hydrogen (secondary N) is 1. The Morgan fingerprint density at radius 2 is 1.61 bits per heavy atom. The number of hydrogen-bond acceptors (Lipinski definition) is 14. The van der Waals surface area contributed by atoms with E-state index in [2.05, 4.69) is 16.9 Å². The zero-order chi connectivity index (χ0) is 53.3. The van der Waals surface area contributed by atoms with Crippen LogP contribution in [0.3, 0.4) is 0 Å². The van der Waals surface area contributed by atoms with Crippen molar-refractivity contribution in [2.75, 3.05) is 6.61 Å². The maximum Gasteiger partial charge on any atom is 0.408 e. The van der Waals surface area contributed by atoms with Crippen LogP contribution in [0.1, 0.15) is 132 Å². The highest BCUT2D eigenvalue weighted by Gasteiger charge is 2.79. The first kappa shape index (κ1) is 55.2. The van der Waals surface area contributed by atoms with Crippen LogP contribution in [0.5, 0.6) is 0 Å². The molecule has 2 aromatic rings. The fourth-order valence-electron chi connectivity index (χ4n) is 13.1. The lowest BCUT2D eigenvalue weighted by molar-refractivity contribution is -0.356. The van der Waals surface area contributed by atoms with Gasteiger partial charge in [0.2, 0.25) is 8.32 Å². The fraction of sp³-hybridized carbons (Fsp3) is 0.648. The summed E-state index contributed by atoms with van der Waals surface area (Å²) in [6.07, 6.45) is -10.1. The number of rotatable bonds is 14. The van der Waals surface area contributed by atoms with Crippen molar-refractivity contribution in [3.05, 3.63) is 89.5 Å². The average Bonchev–Trinajstić information content (AvgIpc) is 3.71. The maximum absolute atomic E-state index is 17.8. The van der Waals surface area contributed by atoms with Crippen LogP contribution in [0.2, 0.25) is 16.6 Å². The molecule has 3 aliphatic carbocycles. The second-order valence-corrected chi connectivity index (χ2v) is 28.3. The van der Waals surface area contributed by atoms with Crippen LogP contribution < -0.4 is 5.32 Å². The van der Waals surface area contributed by atoms with Crippen molar-refractivity contribution in [3.8, 4) is 0 Å². The highest BCUT2D eigenvalue weighted by molar-refractivity contribution is 6.77. The monoisotopic (exact) mass is 1020 g/mol. The lowest BCUT2D eigenvalue weighted by Gasteiger charge is -2.68. The average molecular weight is 1030 g/mol. The van der Waals surface area contributed by atoms with Crippen LogP contribution in [0.25, 0.3) is 0 Å². The molecule has 72 heavy (non-hydrogen) atoms. The molecule has 0 spiro atoms. The quantitative estimate of drug-likeness (QED) is 0.0789. The number of esters is 3. The molecule has 13 atom stereocenters. The summed E-state index contributed by atoms with van der Waals surface area (Å²) in [7, 11) is -3.17. The molecule has 1 amide bonds. The summed E-state index contributed by atoms with van der Waals surface area (Å²) in [5.41, 5.74) is -7.99. The Kier molecular flexibility index (Phi) is 15.3. The number of aromatic nitrogens is 1. The molecule has 2 saturated carbocycles. The third-order valence-electron chi connectivity index (χ3n) is 16.4. The van der Waals surface area contributed by atoms with Gasteiger partial charge in [0.15, 0.2) is 18.0 Å². The number of amides is 1. The Balaban J connectivity index is 1.47. The normalized spacial score (nSPS) is 32.7. The first-order valence-electron chi connectivity index (χ1n) is 25.1. The zero-order valence-electron chi connectivity index (χ0n) is 44.1. The molecule has 7 rings (SSSR count). The topological polar surface area (TPSA) is 187 Å². The largest absolute Gasteiger partial charge is 0.456 e. The van der Waals surface area contributed by atoms with Crippen LogP contribution >= 0.6 is 0 Å². The Morgan fingerprint density at radius 1 is 0.972 bits per heavy atom. The van der Waals surface area contributed by atoms with Crippen molar-refractivity contribution in [2.24, 2.45) is 16.7 Å². The van der Waals surface area contributed by atoms with Crippen molar-refractivity contribution in [1.82, 2.24) is 10.3 Å². The molecule has 4 fully saturated rings. The van der Waals surface area contributed by atoms with E-state index in [1.807, 2.05) is 41.5 Å². The van der Waals surface area contributed by atoms with Crippen LogP contribution in [0.4, 0.5) is 13.6 Å². The summed E-state index contributed by atoms with van der Waals surface area (Å²) in [4.78, 5) is 61.9. The number of hydrogen-bond donors (Lipinski definition) is 2. The molecule has 15 nitrogen and oxygen atoms in total. The number of aliphatic hydroxyl groups is 1. The molecule has 3 heterocycles. The van der Waals surface area contributed by atoms with E-state index in [4.69, 9.17) is 37.6 Å². The van der Waals surface area contributed by atoms with Gasteiger partial charge in [-0.15, -0.1) is 0 Å². The van der Waals surface area contributed by atoms with E-state index in [9.17, 15) is 19.5 Å². The Morgan fingerprint density at radius 3 is 2.15 bits per heavy atom. The smallest absolute Gasteiger partial charge is 0.408 e. The second-order valence-electron chi connectivity index (χ2n) is 22.9. The van der Waals surface area contributed by atoms with E-state index in [0.717, 1.165) is 6.07 Å². The van der Waals surface area contributed by atoms with Gasteiger partial charge in [-0.05, 0) is 85.8 Å². The minimum absolute atomic E-state index is 0.118. The first-order valence-corrected chi connectivity index (χ1v) is 27.2. The standard InChI is InChI=1S/C54H74F2N2O13Si/c1-16-38-66-42-39-31(8)35(65-48(61)43(71-72(28(2)3,29(4)5)30(6)7)41(40-34(55)23-20-24-57-40)58-49(62)70-50(10,11)12)26-54(63,51(39,13)14)46(68-47(60)33-21-18-17-19-22-33)44-52(15,45(42)67-38)36(56)25-37-53(44,27-64-37)69-32(9)59/h16-24,28-30,35-38,41-46,63H,1,25-27H2,2-15H3,(H,58,62)/t35-,36+,37+,38+,41-,42+,43+,44-,45+,46-,52+,53-,54+/m0/s1. The van der Waals surface area contributed by atoms with E-state index >= 15 is 13.6 Å². The number of alkyl carbamates (subject to hydrolysis) is 1. The van der Waals surface area contributed by atoms with Crippen molar-refractivity contribution in [3.63, 3.8) is 0 Å². The minimum Gasteiger partial charge on any atom is -0.456 e. The third-order valence-corrected chi connectivity index (χ3v) is 22.4. The van der Waals surface area contributed by atoms with Gasteiger partial charge < -0.3 is 48.0 Å². The molecule has 18 heteroatoms. The molecule has 396 valence electrons. The van der Waals surface area contributed by atoms with E-state index < -0.39 is 133 Å². The van der Waals surface area contributed by atoms with Gasteiger partial charge in [0.25, 0.3) is 0 Å². The van der Waals surface area contributed by atoms with Crippen LogP contribution in [-0.2, 0) is 47.2 Å². The van der Waals surface area contributed by atoms with Gasteiger partial charge in [0, 0.05) is 36.8 Å². The molecular formula is C54H74F2N2O13Si. The molecule has 5 aliphatic rings. The summed E-state index contributed by atoms with van der Waals surface area (Å²) in [5, 5.41) is 16.9. The van der Waals surface area contributed by atoms with Crippen LogP contribution in [0.15, 0.2) is 72.5 Å². The third kappa shape index (κ3) is 9.23. The number of nitrogens with zero attached hydrogens (tertiary/aromatic N) is 1. The SMILES string of the molecule is C=C[C@@H]1O[C@@H]2C3=C(C)[C@@H](OC(=O)[C@H](O[Si](C(C)C)(C(C)C)C(C)C)[C@@H](NC(=O)OC(C)(C)C)c4ncccc4F)C[C@@](O)([C@@H](OC(=O)c4ccccc4)[C@@H]4[C@]5(OC(C)=O)CO[C@@H]5C[C@@H](F)[C@@]4(C)[C@@H]2O1)C3(C)C. The lowest BCUT2D eigenvalue weighted by Crippen LogP contribution is -2.81. The number of pyridine rings is 1. The molecule has 1 aromatic heterocycles. The summed E-state index contributed by atoms with van der Waals surface area (Å²) >= 11 is 0. The summed E-state index contributed by atoms with van der Waals surface area (Å²) in [6.45, 7) is 28.7. The molecule has 1 aromatic carbocycles. The molecule has 0 radical (unpaired) electrons. The number of carbonyl (C=O) groups excluding carboxylic acids is 4. The van der Waals surface area contributed by atoms with Crippen molar-refractivity contribution in [1.29, 1.82) is 0 Å². The lowest BCUT2D eigenvalue weighted by atomic mass is 9.44. The van der Waals surface area contributed by atoms with E-state index in [0.29, 0.717) is 11.1 Å². The van der Waals surface area contributed by atoms with Crippen molar-refractivity contribution >= 4 is 32.3 Å². The number of halogens is 2. The van der Waals surface area contributed by atoms with E-state index in [1.165, 1.54) is 37.4 Å². The molecule has 2 aliphatic heterocycles. The highest BCUT2D eigenvalue weighted by atomic mass is 28.4. The van der Waals surface area contributed by atoms with Gasteiger partial charge in [0.05, 0.1) is 24.2 Å². The van der Waals surface area contributed by atoms with Crippen LogP contribution in [-0.4, -0.2) is 115 Å². The van der Waals surface area contributed by atoms with Gasteiger partial charge in [-0.3, -0.25) is 9.78 Å². The predicted octanol–water partition coefficient (Wildman–Crippen LogP) is 9.34. The zero-order valence-corrected chi connectivity index (χ0v) is 45.1. The fourth-order valence-corrected chi connectivity index (χ4v) is 18.6.